The molecule has 0 bridgehead atoms. The van der Waals surface area contributed by atoms with Crippen molar-refractivity contribution in [1.29, 1.82) is 0 Å². The van der Waals surface area contributed by atoms with E-state index in [9.17, 15) is 13.2 Å². The number of nitrogens with one attached hydrogen (secondary N) is 1. The summed E-state index contributed by atoms with van der Waals surface area (Å²) in [5, 5.41) is 3.27. The summed E-state index contributed by atoms with van der Waals surface area (Å²) >= 11 is 0. The standard InChI is InChI=1S/C14H21F3N2/c1-11(7-6-10-14(15,16)17)18-12-8-4-5-9-13(12)19(2)3/h4-5,8-9,11,18H,6-7,10H2,1-3H3. The Morgan fingerprint density at radius 3 is 2.42 bits per heavy atom. The van der Waals surface area contributed by atoms with Crippen LogP contribution in [0.2, 0.25) is 0 Å². The van der Waals surface area contributed by atoms with Crippen molar-refractivity contribution in [1.82, 2.24) is 0 Å². The van der Waals surface area contributed by atoms with E-state index in [0.29, 0.717) is 6.42 Å². The van der Waals surface area contributed by atoms with Gasteiger partial charge in [-0.25, -0.2) is 0 Å². The first-order valence-electron chi connectivity index (χ1n) is 6.39. The molecule has 108 valence electrons. The summed E-state index contributed by atoms with van der Waals surface area (Å²) < 4.78 is 36.2. The first-order valence-corrected chi connectivity index (χ1v) is 6.39. The zero-order chi connectivity index (χ0) is 14.5. The summed E-state index contributed by atoms with van der Waals surface area (Å²) in [7, 11) is 3.88. The summed E-state index contributed by atoms with van der Waals surface area (Å²) in [6.45, 7) is 1.91. The van der Waals surface area contributed by atoms with Crippen LogP contribution < -0.4 is 10.2 Å². The highest BCUT2D eigenvalue weighted by atomic mass is 19.4. The maximum Gasteiger partial charge on any atom is 0.389 e. The Hall–Kier alpha value is -1.39. The van der Waals surface area contributed by atoms with Crippen LogP contribution in [-0.2, 0) is 0 Å². The Labute approximate surface area is 112 Å². The third-order valence-corrected chi connectivity index (χ3v) is 2.89. The second kappa shape index (κ2) is 6.68. The monoisotopic (exact) mass is 274 g/mol. The molecule has 0 amide bonds. The molecule has 0 fully saturated rings. The van der Waals surface area contributed by atoms with E-state index >= 15 is 0 Å². The van der Waals surface area contributed by atoms with Crippen LogP contribution in [0.5, 0.6) is 0 Å². The van der Waals surface area contributed by atoms with Crippen LogP contribution in [0.4, 0.5) is 24.5 Å². The molecule has 1 atom stereocenters. The maximum atomic E-state index is 12.1. The Bertz CT molecular complexity index is 389. The lowest BCUT2D eigenvalue weighted by atomic mass is 10.1. The van der Waals surface area contributed by atoms with Crippen molar-refractivity contribution in [2.24, 2.45) is 0 Å². The van der Waals surface area contributed by atoms with Crippen LogP contribution in [0.15, 0.2) is 24.3 Å². The first kappa shape index (κ1) is 15.7. The van der Waals surface area contributed by atoms with Crippen LogP contribution in [0.25, 0.3) is 0 Å². The number of rotatable bonds is 6. The Balaban J connectivity index is 2.51. The van der Waals surface area contributed by atoms with Crippen molar-refractivity contribution in [2.75, 3.05) is 24.3 Å². The Kier molecular flexibility index (Phi) is 5.51. The van der Waals surface area contributed by atoms with Crippen LogP contribution >= 0.6 is 0 Å². The minimum Gasteiger partial charge on any atom is -0.381 e. The summed E-state index contributed by atoms with van der Waals surface area (Å²) in [5.41, 5.74) is 1.98. The molecule has 1 rings (SSSR count). The van der Waals surface area contributed by atoms with Gasteiger partial charge in [-0.1, -0.05) is 12.1 Å². The van der Waals surface area contributed by atoms with E-state index in [1.54, 1.807) is 0 Å². The maximum absolute atomic E-state index is 12.1. The van der Waals surface area contributed by atoms with Gasteiger partial charge in [0.25, 0.3) is 0 Å². The first-order chi connectivity index (χ1) is 8.79. The molecule has 0 heterocycles. The minimum absolute atomic E-state index is 0.0171. The Morgan fingerprint density at radius 2 is 1.84 bits per heavy atom. The van der Waals surface area contributed by atoms with E-state index < -0.39 is 12.6 Å². The molecule has 0 aliphatic rings. The van der Waals surface area contributed by atoms with Crippen LogP contribution in [-0.4, -0.2) is 26.3 Å². The number of benzene rings is 1. The van der Waals surface area contributed by atoms with Gasteiger partial charge in [0.05, 0.1) is 11.4 Å². The van der Waals surface area contributed by atoms with E-state index in [0.717, 1.165) is 11.4 Å². The second-order valence-electron chi connectivity index (χ2n) is 4.96. The molecule has 0 aliphatic heterocycles. The van der Waals surface area contributed by atoms with Crippen molar-refractivity contribution in [3.63, 3.8) is 0 Å². The summed E-state index contributed by atoms with van der Waals surface area (Å²) in [6.07, 6.45) is -4.11. The van der Waals surface area contributed by atoms with Gasteiger partial charge < -0.3 is 10.2 Å². The highest BCUT2D eigenvalue weighted by molar-refractivity contribution is 5.69. The molecule has 1 unspecified atom stereocenters. The smallest absolute Gasteiger partial charge is 0.381 e. The van der Waals surface area contributed by atoms with Crippen molar-refractivity contribution in [2.45, 2.75) is 38.4 Å². The van der Waals surface area contributed by atoms with Gasteiger partial charge in [-0.3, -0.25) is 0 Å². The number of para-hydroxylation sites is 2. The lowest BCUT2D eigenvalue weighted by Gasteiger charge is -2.22. The highest BCUT2D eigenvalue weighted by Gasteiger charge is 2.26. The summed E-state index contributed by atoms with van der Waals surface area (Å²) in [5.74, 6) is 0. The van der Waals surface area contributed by atoms with E-state index in [-0.39, 0.29) is 12.5 Å². The zero-order valence-corrected chi connectivity index (χ0v) is 11.6. The predicted octanol–water partition coefficient (Wildman–Crippen LogP) is 4.29. The highest BCUT2D eigenvalue weighted by Crippen LogP contribution is 2.26. The van der Waals surface area contributed by atoms with E-state index in [2.05, 4.69) is 5.32 Å². The fourth-order valence-electron chi connectivity index (χ4n) is 1.93. The fourth-order valence-corrected chi connectivity index (χ4v) is 1.93. The van der Waals surface area contributed by atoms with Gasteiger partial charge in [-0.2, -0.15) is 13.2 Å². The molecule has 19 heavy (non-hydrogen) atoms. The third-order valence-electron chi connectivity index (χ3n) is 2.89. The number of alkyl halides is 3. The van der Waals surface area contributed by atoms with Gasteiger partial charge in [0.15, 0.2) is 0 Å². The molecular formula is C14H21F3N2. The van der Waals surface area contributed by atoms with Gasteiger partial charge >= 0.3 is 6.18 Å². The Morgan fingerprint density at radius 1 is 1.21 bits per heavy atom. The fraction of sp³-hybridized carbons (Fsp3) is 0.571. The second-order valence-corrected chi connectivity index (χ2v) is 4.96. The molecule has 1 N–H and O–H groups in total. The van der Waals surface area contributed by atoms with Crippen molar-refractivity contribution in [3.05, 3.63) is 24.3 Å². The molecule has 0 saturated heterocycles. The normalized spacial score (nSPS) is 13.2. The average molecular weight is 274 g/mol. The van der Waals surface area contributed by atoms with E-state index in [1.165, 1.54) is 0 Å². The molecular weight excluding hydrogens is 253 g/mol. The average Bonchev–Trinajstić information content (AvgIpc) is 2.27. The molecule has 0 aliphatic carbocycles. The predicted molar refractivity (Wildman–Crippen MR) is 73.8 cm³/mol. The quantitative estimate of drug-likeness (QED) is 0.832. The van der Waals surface area contributed by atoms with Crippen molar-refractivity contribution >= 4 is 11.4 Å². The molecule has 1 aromatic rings. The lowest BCUT2D eigenvalue weighted by Crippen LogP contribution is -2.19. The SMILES string of the molecule is CC(CCCC(F)(F)F)Nc1ccccc1N(C)C. The number of hydrogen-bond donors (Lipinski definition) is 1. The van der Waals surface area contributed by atoms with Gasteiger partial charge in [0, 0.05) is 26.6 Å². The minimum atomic E-state index is -4.05. The van der Waals surface area contributed by atoms with Crippen molar-refractivity contribution in [3.8, 4) is 0 Å². The zero-order valence-electron chi connectivity index (χ0n) is 11.6. The summed E-state index contributed by atoms with van der Waals surface area (Å²) in [4.78, 5) is 1.98. The summed E-state index contributed by atoms with van der Waals surface area (Å²) in [6, 6.07) is 7.79. The van der Waals surface area contributed by atoms with Gasteiger partial charge in [0.2, 0.25) is 0 Å². The topological polar surface area (TPSA) is 15.3 Å². The molecule has 0 aromatic heterocycles. The van der Waals surface area contributed by atoms with E-state index in [4.69, 9.17) is 0 Å². The van der Waals surface area contributed by atoms with Gasteiger partial charge in [-0.15, -0.1) is 0 Å². The van der Waals surface area contributed by atoms with Crippen LogP contribution in [0.1, 0.15) is 26.2 Å². The lowest BCUT2D eigenvalue weighted by molar-refractivity contribution is -0.135. The van der Waals surface area contributed by atoms with Crippen LogP contribution in [0.3, 0.4) is 0 Å². The number of halogens is 3. The van der Waals surface area contributed by atoms with Crippen LogP contribution in [0, 0.1) is 0 Å². The van der Waals surface area contributed by atoms with Gasteiger partial charge in [0.1, 0.15) is 0 Å². The number of nitrogens with zero attached hydrogens (tertiary/aromatic N) is 1. The number of hydrogen-bond acceptors (Lipinski definition) is 2. The van der Waals surface area contributed by atoms with E-state index in [1.807, 2.05) is 50.2 Å². The molecule has 5 heteroatoms. The third kappa shape index (κ3) is 5.85. The molecule has 0 spiro atoms. The molecule has 0 saturated carbocycles. The molecule has 0 radical (unpaired) electrons. The largest absolute Gasteiger partial charge is 0.389 e. The molecule has 2 nitrogen and oxygen atoms in total. The number of anilines is 2. The van der Waals surface area contributed by atoms with Gasteiger partial charge in [-0.05, 0) is 31.9 Å². The van der Waals surface area contributed by atoms with Crippen molar-refractivity contribution < 1.29 is 13.2 Å². The molecule has 1 aromatic carbocycles.